The summed E-state index contributed by atoms with van der Waals surface area (Å²) in [4.78, 5) is 35.9. The lowest BCUT2D eigenvalue weighted by Crippen LogP contribution is -2.26. The highest BCUT2D eigenvalue weighted by atomic mass is 32.2. The molecule has 3 N–H and O–H groups in total. The highest BCUT2D eigenvalue weighted by Gasteiger charge is 2.25. The Kier molecular flexibility index (Phi) is 7.98. The average Bonchev–Trinajstić information content (AvgIpc) is 3.52. The van der Waals surface area contributed by atoms with Crippen molar-refractivity contribution in [1.29, 1.82) is 0 Å². The maximum atomic E-state index is 11.8. The Morgan fingerprint density at radius 2 is 2.06 bits per heavy atom. The number of carbonyl (C=O) groups is 2. The molecule has 35 heavy (non-hydrogen) atoms. The minimum atomic E-state index is -0.609. The van der Waals surface area contributed by atoms with Crippen LogP contribution in [0, 0.1) is 5.92 Å². The lowest BCUT2D eigenvalue weighted by Gasteiger charge is -2.21. The number of rotatable bonds is 5. The normalized spacial score (nSPS) is 17.4. The van der Waals surface area contributed by atoms with E-state index in [1.807, 2.05) is 37.4 Å². The highest BCUT2D eigenvalue weighted by molar-refractivity contribution is 7.99. The maximum Gasteiger partial charge on any atom is 0.288 e. The Balaban J connectivity index is 0.000000172. The quantitative estimate of drug-likeness (QED) is 0.548. The fraction of sp³-hybridized carbons (Fsp3) is 0.375. The lowest BCUT2D eigenvalue weighted by molar-refractivity contribution is -0.117. The van der Waals surface area contributed by atoms with E-state index < -0.39 is 5.91 Å². The van der Waals surface area contributed by atoms with Gasteiger partial charge in [-0.05, 0) is 18.1 Å². The van der Waals surface area contributed by atoms with Crippen LogP contribution >= 0.6 is 11.8 Å². The van der Waals surface area contributed by atoms with Crippen LogP contribution in [-0.2, 0) is 11.3 Å². The molecule has 11 heteroatoms. The largest absolute Gasteiger partial charge is 0.396 e. The molecule has 10 nitrogen and oxygen atoms in total. The van der Waals surface area contributed by atoms with Crippen molar-refractivity contribution in [2.75, 3.05) is 42.3 Å². The third-order valence-corrected chi connectivity index (χ3v) is 7.00. The molecule has 1 unspecified atom stereocenters. The molecule has 1 aromatic carbocycles. The maximum absolute atomic E-state index is 11.8. The zero-order chi connectivity index (χ0) is 24.8. The first-order valence-corrected chi connectivity index (χ1v) is 12.4. The van der Waals surface area contributed by atoms with Crippen molar-refractivity contribution in [1.82, 2.24) is 19.7 Å². The van der Waals surface area contributed by atoms with Crippen molar-refractivity contribution < 1.29 is 14.7 Å². The molecule has 1 fully saturated rings. The Morgan fingerprint density at radius 1 is 1.26 bits per heavy atom. The lowest BCUT2D eigenvalue weighted by atomic mass is 10.1. The van der Waals surface area contributed by atoms with Gasteiger partial charge in [-0.1, -0.05) is 30.3 Å². The van der Waals surface area contributed by atoms with E-state index in [4.69, 9.17) is 5.73 Å². The van der Waals surface area contributed by atoms with Crippen molar-refractivity contribution in [2.45, 2.75) is 24.3 Å². The topological polar surface area (TPSA) is 130 Å². The van der Waals surface area contributed by atoms with Crippen LogP contribution in [0.3, 0.4) is 0 Å². The molecule has 0 radical (unpaired) electrons. The van der Waals surface area contributed by atoms with Crippen LogP contribution in [0.2, 0.25) is 0 Å². The molecule has 2 amide bonds. The number of amides is 2. The summed E-state index contributed by atoms with van der Waals surface area (Å²) >= 11 is 1.72. The van der Waals surface area contributed by atoms with Gasteiger partial charge in [0.15, 0.2) is 0 Å². The molecule has 0 spiro atoms. The SMILES string of the molecule is CN1C(=O)CCSc2cc(N3CCC(CO)C3)ncc21.NC(=O)c1ncn(Cc2ccccc2)n1. The zero-order valence-corrected chi connectivity index (χ0v) is 20.4. The number of nitrogens with two attached hydrogens (primary N) is 1. The predicted molar refractivity (Wildman–Crippen MR) is 134 cm³/mol. The van der Waals surface area contributed by atoms with Crippen molar-refractivity contribution in [2.24, 2.45) is 11.7 Å². The third kappa shape index (κ3) is 6.17. The number of pyridine rings is 1. The van der Waals surface area contributed by atoms with Crippen molar-refractivity contribution in [3.63, 3.8) is 0 Å². The summed E-state index contributed by atoms with van der Waals surface area (Å²) in [7, 11) is 1.81. The number of carbonyl (C=O) groups excluding carboxylic acids is 2. The minimum absolute atomic E-state index is 0.0472. The molecule has 4 heterocycles. The van der Waals surface area contributed by atoms with Gasteiger partial charge in [-0.3, -0.25) is 9.59 Å². The van der Waals surface area contributed by atoms with Crippen LogP contribution in [0.4, 0.5) is 11.5 Å². The van der Waals surface area contributed by atoms with Crippen LogP contribution in [0.5, 0.6) is 0 Å². The molecule has 1 saturated heterocycles. The molecule has 5 rings (SSSR count). The molecule has 1 atom stereocenters. The number of primary amides is 1. The van der Waals surface area contributed by atoms with Crippen molar-refractivity contribution >= 4 is 35.1 Å². The summed E-state index contributed by atoms with van der Waals surface area (Å²) in [6, 6.07) is 11.9. The Labute approximate surface area is 208 Å². The number of anilines is 2. The molecular formula is C24H29N7O3S. The van der Waals surface area contributed by atoms with Gasteiger partial charge < -0.3 is 20.6 Å². The van der Waals surface area contributed by atoms with E-state index in [1.54, 1.807) is 27.5 Å². The second kappa shape index (κ2) is 11.3. The zero-order valence-electron chi connectivity index (χ0n) is 19.6. The average molecular weight is 496 g/mol. The van der Waals surface area contributed by atoms with E-state index in [-0.39, 0.29) is 18.3 Å². The number of aliphatic hydroxyl groups is 1. The Bertz CT molecular complexity index is 1170. The number of fused-ring (bicyclic) bond motifs is 1. The van der Waals surface area contributed by atoms with Crippen LogP contribution < -0.4 is 15.5 Å². The molecule has 0 aliphatic carbocycles. The number of aromatic nitrogens is 4. The highest BCUT2D eigenvalue weighted by Crippen LogP contribution is 2.36. The number of hydrogen-bond donors (Lipinski definition) is 2. The summed E-state index contributed by atoms with van der Waals surface area (Å²) in [6.45, 7) is 2.63. The van der Waals surface area contributed by atoms with E-state index in [9.17, 15) is 14.7 Å². The van der Waals surface area contributed by atoms with Gasteiger partial charge in [0, 0.05) is 49.7 Å². The second-order valence-electron chi connectivity index (χ2n) is 8.46. The van der Waals surface area contributed by atoms with E-state index in [0.29, 0.717) is 18.9 Å². The number of nitrogens with zero attached hydrogens (tertiary/aromatic N) is 6. The van der Waals surface area contributed by atoms with Gasteiger partial charge >= 0.3 is 0 Å². The fourth-order valence-corrected chi connectivity index (χ4v) is 4.98. The Hall–Kier alpha value is -3.44. The summed E-state index contributed by atoms with van der Waals surface area (Å²) < 4.78 is 1.58. The number of benzene rings is 1. The minimum Gasteiger partial charge on any atom is -0.396 e. The smallest absolute Gasteiger partial charge is 0.288 e. The molecule has 0 bridgehead atoms. The molecule has 2 aliphatic rings. The van der Waals surface area contributed by atoms with Gasteiger partial charge in [-0.15, -0.1) is 16.9 Å². The summed E-state index contributed by atoms with van der Waals surface area (Å²) in [5.41, 5.74) is 7.04. The summed E-state index contributed by atoms with van der Waals surface area (Å²) in [5, 5.41) is 13.2. The number of thioether (sulfide) groups is 1. The first-order valence-electron chi connectivity index (χ1n) is 11.4. The molecular weight excluding hydrogens is 466 g/mol. The molecule has 2 aromatic heterocycles. The van der Waals surface area contributed by atoms with Crippen LogP contribution in [0.1, 0.15) is 29.0 Å². The van der Waals surface area contributed by atoms with Crippen molar-refractivity contribution in [3.05, 3.63) is 60.3 Å². The van der Waals surface area contributed by atoms with Gasteiger partial charge in [-0.2, -0.15) is 0 Å². The predicted octanol–water partition coefficient (Wildman–Crippen LogP) is 1.78. The van der Waals surface area contributed by atoms with E-state index in [2.05, 4.69) is 26.0 Å². The van der Waals surface area contributed by atoms with Gasteiger partial charge in [-0.25, -0.2) is 14.6 Å². The van der Waals surface area contributed by atoms with Crippen LogP contribution in [0.15, 0.2) is 53.8 Å². The van der Waals surface area contributed by atoms with Gasteiger partial charge in [0.2, 0.25) is 11.7 Å². The second-order valence-corrected chi connectivity index (χ2v) is 9.60. The van der Waals surface area contributed by atoms with E-state index >= 15 is 0 Å². The summed E-state index contributed by atoms with van der Waals surface area (Å²) in [6.07, 6.45) is 4.88. The van der Waals surface area contributed by atoms with Crippen LogP contribution in [0.25, 0.3) is 0 Å². The van der Waals surface area contributed by atoms with E-state index in [1.165, 1.54) is 6.33 Å². The third-order valence-electron chi connectivity index (χ3n) is 5.95. The monoisotopic (exact) mass is 495 g/mol. The first-order chi connectivity index (χ1) is 16.9. The fourth-order valence-electron chi connectivity index (χ4n) is 3.95. The molecule has 2 aliphatic heterocycles. The molecule has 0 saturated carbocycles. The van der Waals surface area contributed by atoms with Gasteiger partial charge in [0.25, 0.3) is 5.91 Å². The van der Waals surface area contributed by atoms with Gasteiger partial charge in [0.1, 0.15) is 12.1 Å². The standard InChI is InChI=1S/C14H19N3O2S.C10H10N4O/c1-16-11-7-15-13(17-4-2-10(8-17)9-18)6-12(11)20-5-3-14(16)19;11-9(15)10-12-7-14(13-10)6-8-4-2-1-3-5-8/h6-7,10,18H,2-5,8-9H2,1H3;1-5,7H,6H2,(H2,11,15). The van der Waals surface area contributed by atoms with E-state index in [0.717, 1.165) is 47.2 Å². The van der Waals surface area contributed by atoms with Crippen LogP contribution in [-0.4, -0.2) is 69.2 Å². The van der Waals surface area contributed by atoms with Crippen molar-refractivity contribution in [3.8, 4) is 0 Å². The first kappa shape index (κ1) is 24.7. The summed E-state index contributed by atoms with van der Waals surface area (Å²) in [5.74, 6) is 1.71. The molecule has 3 aromatic rings. The number of aliphatic hydroxyl groups excluding tert-OH is 1. The molecule has 184 valence electrons. The van der Waals surface area contributed by atoms with Gasteiger partial charge in [0.05, 0.1) is 18.4 Å². The Morgan fingerprint density at radius 3 is 2.74 bits per heavy atom. The number of hydrogen-bond acceptors (Lipinski definition) is 8.